The van der Waals surface area contributed by atoms with Gasteiger partial charge in [0.05, 0.1) is 12.6 Å². The number of piperidine rings is 1. The van der Waals surface area contributed by atoms with E-state index in [1.54, 1.807) is 6.20 Å². The van der Waals surface area contributed by atoms with E-state index in [2.05, 4.69) is 14.9 Å². The molecule has 2 aliphatic heterocycles. The van der Waals surface area contributed by atoms with Crippen molar-refractivity contribution in [2.45, 2.75) is 44.4 Å². The Labute approximate surface area is 121 Å². The van der Waals surface area contributed by atoms with E-state index in [0.29, 0.717) is 12.6 Å². The van der Waals surface area contributed by atoms with Gasteiger partial charge in [0.15, 0.2) is 0 Å². The average Bonchev–Trinajstić information content (AvgIpc) is 3.11. The third-order valence-corrected chi connectivity index (χ3v) is 4.56. The molecule has 0 amide bonds. The molecule has 2 atom stereocenters. The molecule has 20 heavy (non-hydrogen) atoms. The van der Waals surface area contributed by atoms with Gasteiger partial charge in [0.25, 0.3) is 0 Å². The first-order chi connectivity index (χ1) is 9.81. The van der Waals surface area contributed by atoms with Crippen LogP contribution >= 0.6 is 0 Å². The maximum absolute atomic E-state index is 10.2. The number of aliphatic hydroxyl groups excluding tert-OH is 1. The smallest absolute Gasteiger partial charge is 0.0862 e. The topological polar surface area (TPSA) is 44.5 Å². The molecule has 0 unspecified atom stereocenters. The molecule has 0 spiro atoms. The Hall–Kier alpha value is -0.910. The van der Waals surface area contributed by atoms with Crippen LogP contribution in [0, 0.1) is 0 Å². The predicted molar refractivity (Wildman–Crippen MR) is 78.5 cm³/mol. The zero-order valence-electron chi connectivity index (χ0n) is 12.2. The highest BCUT2D eigenvalue weighted by Crippen LogP contribution is 2.20. The highest BCUT2D eigenvalue weighted by atomic mass is 16.3. The quantitative estimate of drug-likeness (QED) is 0.865. The predicted octanol–water partition coefficient (Wildman–Crippen LogP) is 0.804. The van der Waals surface area contributed by atoms with Gasteiger partial charge in [-0.05, 0) is 51.4 Å². The minimum atomic E-state index is -0.327. The van der Waals surface area contributed by atoms with Crippen molar-refractivity contribution in [3.63, 3.8) is 0 Å². The molecular formula is C15H26N4O. The molecule has 112 valence electrons. The highest BCUT2D eigenvalue weighted by molar-refractivity contribution is 4.84. The fourth-order valence-electron chi connectivity index (χ4n) is 3.58. The molecule has 1 aromatic heterocycles. The second-order valence-electron chi connectivity index (χ2n) is 6.18. The molecule has 2 fully saturated rings. The number of likely N-dealkylation sites (tertiary alicyclic amines) is 2. The van der Waals surface area contributed by atoms with Crippen molar-refractivity contribution in [2.75, 3.05) is 32.7 Å². The summed E-state index contributed by atoms with van der Waals surface area (Å²) < 4.78 is 1.81. The lowest BCUT2D eigenvalue weighted by Crippen LogP contribution is -2.49. The summed E-state index contributed by atoms with van der Waals surface area (Å²) in [5.74, 6) is 0. The Morgan fingerprint density at radius 2 is 2.00 bits per heavy atom. The van der Waals surface area contributed by atoms with Crippen molar-refractivity contribution in [1.82, 2.24) is 19.6 Å². The number of aliphatic hydroxyl groups is 1. The second-order valence-corrected chi connectivity index (χ2v) is 6.18. The van der Waals surface area contributed by atoms with Gasteiger partial charge in [-0.25, -0.2) is 0 Å². The first-order valence-corrected chi connectivity index (χ1v) is 7.93. The lowest BCUT2D eigenvalue weighted by Gasteiger charge is -2.38. The summed E-state index contributed by atoms with van der Waals surface area (Å²) in [4.78, 5) is 5.08. The fraction of sp³-hybridized carbons (Fsp3) is 0.800. The molecule has 0 radical (unpaired) electrons. The van der Waals surface area contributed by atoms with E-state index in [9.17, 15) is 5.11 Å². The molecule has 2 aliphatic rings. The SMILES string of the molecule is O[C@@H](CN1CCC[C@H](N2CCCC2)C1)Cn1cccn1. The monoisotopic (exact) mass is 278 g/mol. The molecule has 0 aromatic carbocycles. The van der Waals surface area contributed by atoms with Crippen LogP contribution < -0.4 is 0 Å². The number of rotatable bonds is 5. The third kappa shape index (κ3) is 3.59. The van der Waals surface area contributed by atoms with E-state index < -0.39 is 0 Å². The van der Waals surface area contributed by atoms with Crippen LogP contribution in [-0.4, -0.2) is 69.6 Å². The number of hydrogen-bond acceptors (Lipinski definition) is 4. The summed E-state index contributed by atoms with van der Waals surface area (Å²) in [7, 11) is 0. The van der Waals surface area contributed by atoms with E-state index >= 15 is 0 Å². The molecule has 1 aromatic rings. The molecule has 5 heteroatoms. The zero-order chi connectivity index (χ0) is 13.8. The first kappa shape index (κ1) is 14.0. The van der Waals surface area contributed by atoms with Crippen LogP contribution in [0.25, 0.3) is 0 Å². The van der Waals surface area contributed by atoms with Gasteiger partial charge in [-0.1, -0.05) is 0 Å². The summed E-state index contributed by atoms with van der Waals surface area (Å²) in [6.07, 6.45) is 8.65. The summed E-state index contributed by atoms with van der Waals surface area (Å²) in [5, 5.41) is 14.4. The lowest BCUT2D eigenvalue weighted by atomic mass is 10.0. The highest BCUT2D eigenvalue weighted by Gasteiger charge is 2.27. The number of nitrogens with zero attached hydrogens (tertiary/aromatic N) is 4. The van der Waals surface area contributed by atoms with Gasteiger partial charge in [0, 0.05) is 31.5 Å². The van der Waals surface area contributed by atoms with Gasteiger partial charge < -0.3 is 5.11 Å². The Morgan fingerprint density at radius 3 is 2.75 bits per heavy atom. The molecule has 3 rings (SSSR count). The van der Waals surface area contributed by atoms with Crippen molar-refractivity contribution in [3.05, 3.63) is 18.5 Å². The van der Waals surface area contributed by atoms with Crippen molar-refractivity contribution < 1.29 is 5.11 Å². The number of aromatic nitrogens is 2. The minimum Gasteiger partial charge on any atom is -0.390 e. The van der Waals surface area contributed by atoms with Crippen LogP contribution in [-0.2, 0) is 6.54 Å². The molecule has 2 saturated heterocycles. The second kappa shape index (κ2) is 6.70. The van der Waals surface area contributed by atoms with Crippen LogP contribution in [0.1, 0.15) is 25.7 Å². The third-order valence-electron chi connectivity index (χ3n) is 4.56. The first-order valence-electron chi connectivity index (χ1n) is 7.93. The molecule has 5 nitrogen and oxygen atoms in total. The van der Waals surface area contributed by atoms with Crippen molar-refractivity contribution in [2.24, 2.45) is 0 Å². The molecule has 1 N–H and O–H groups in total. The largest absolute Gasteiger partial charge is 0.390 e. The van der Waals surface area contributed by atoms with Gasteiger partial charge in [-0.3, -0.25) is 14.5 Å². The van der Waals surface area contributed by atoms with E-state index in [1.165, 1.54) is 38.8 Å². The van der Waals surface area contributed by atoms with E-state index in [4.69, 9.17) is 0 Å². The number of β-amino-alcohol motifs (C(OH)–C–C–N with tert-alkyl or cyclic N) is 1. The maximum Gasteiger partial charge on any atom is 0.0862 e. The van der Waals surface area contributed by atoms with Gasteiger partial charge >= 0.3 is 0 Å². The van der Waals surface area contributed by atoms with E-state index in [0.717, 1.165) is 19.6 Å². The standard InChI is InChI=1S/C15H26N4O/c20-15(13-19-10-4-6-16-19)12-17-7-3-5-14(11-17)18-8-1-2-9-18/h4,6,10,14-15,20H,1-3,5,7-9,11-13H2/t14-,15-/m0/s1. The Morgan fingerprint density at radius 1 is 1.15 bits per heavy atom. The summed E-state index contributed by atoms with van der Waals surface area (Å²) in [6, 6.07) is 2.61. The average molecular weight is 278 g/mol. The van der Waals surface area contributed by atoms with Gasteiger partial charge in [-0.15, -0.1) is 0 Å². The Bertz CT molecular complexity index is 389. The van der Waals surface area contributed by atoms with E-state index in [1.807, 2.05) is 16.9 Å². The molecule has 3 heterocycles. The molecular weight excluding hydrogens is 252 g/mol. The van der Waals surface area contributed by atoms with Gasteiger partial charge in [0.2, 0.25) is 0 Å². The maximum atomic E-state index is 10.2. The van der Waals surface area contributed by atoms with Crippen molar-refractivity contribution >= 4 is 0 Å². The van der Waals surface area contributed by atoms with Crippen LogP contribution in [0.2, 0.25) is 0 Å². The number of hydrogen-bond donors (Lipinski definition) is 1. The van der Waals surface area contributed by atoms with Crippen LogP contribution in [0.15, 0.2) is 18.5 Å². The summed E-state index contributed by atoms with van der Waals surface area (Å²) >= 11 is 0. The Kier molecular flexibility index (Phi) is 4.70. The normalized spacial score (nSPS) is 26.9. The van der Waals surface area contributed by atoms with Crippen LogP contribution in [0.3, 0.4) is 0 Å². The zero-order valence-corrected chi connectivity index (χ0v) is 12.2. The van der Waals surface area contributed by atoms with Crippen LogP contribution in [0.5, 0.6) is 0 Å². The van der Waals surface area contributed by atoms with Crippen molar-refractivity contribution in [1.29, 1.82) is 0 Å². The lowest BCUT2D eigenvalue weighted by molar-refractivity contribution is 0.0563. The minimum absolute atomic E-state index is 0.327. The molecule has 0 saturated carbocycles. The van der Waals surface area contributed by atoms with E-state index in [-0.39, 0.29) is 6.10 Å². The van der Waals surface area contributed by atoms with Crippen molar-refractivity contribution in [3.8, 4) is 0 Å². The Balaban J connectivity index is 1.46. The summed E-state index contributed by atoms with van der Waals surface area (Å²) in [5.41, 5.74) is 0. The van der Waals surface area contributed by atoms with Crippen LogP contribution in [0.4, 0.5) is 0 Å². The van der Waals surface area contributed by atoms with Gasteiger partial charge in [0.1, 0.15) is 0 Å². The fourth-order valence-corrected chi connectivity index (χ4v) is 3.58. The van der Waals surface area contributed by atoms with Gasteiger partial charge in [-0.2, -0.15) is 5.10 Å². The molecule has 0 bridgehead atoms. The molecule has 0 aliphatic carbocycles. The summed E-state index contributed by atoms with van der Waals surface area (Å²) in [6.45, 7) is 6.15.